The van der Waals surface area contributed by atoms with Gasteiger partial charge >= 0.3 is 0 Å². The summed E-state index contributed by atoms with van der Waals surface area (Å²) >= 11 is 0. The number of benzene rings is 2. The molecule has 0 aliphatic heterocycles. The maximum atomic E-state index is 11.9. The molecular weight excluding hydrogens is 361 g/mol. The Hall–Kier alpha value is -2.74. The van der Waals surface area contributed by atoms with Crippen LogP contribution in [-0.4, -0.2) is 18.9 Å². The number of aryl methyl sites for hydroxylation is 2. The van der Waals surface area contributed by atoms with Gasteiger partial charge in [0.2, 0.25) is 11.6 Å². The van der Waals surface area contributed by atoms with E-state index in [0.717, 1.165) is 29.7 Å². The second-order valence-electron chi connectivity index (χ2n) is 6.44. The first-order valence-electron chi connectivity index (χ1n) is 8.65. The SMILES string of the molecule is [C-]#[N+]c1cc2c(cc1NC(=O)COCP=O)CCC2Nc1ccc(C)cc1. The quantitative estimate of drug-likeness (QED) is 0.409. The maximum absolute atomic E-state index is 11.9. The minimum atomic E-state index is -0.365. The lowest BCUT2D eigenvalue weighted by Crippen LogP contribution is -2.18. The first kappa shape index (κ1) is 19.0. The van der Waals surface area contributed by atoms with Crippen molar-refractivity contribution in [2.75, 3.05) is 23.6 Å². The van der Waals surface area contributed by atoms with Gasteiger partial charge < -0.3 is 15.4 Å². The Morgan fingerprint density at radius 3 is 2.81 bits per heavy atom. The third-order valence-electron chi connectivity index (χ3n) is 4.50. The number of amides is 1. The summed E-state index contributed by atoms with van der Waals surface area (Å²) in [7, 11) is -0.164. The van der Waals surface area contributed by atoms with Crippen molar-refractivity contribution >= 4 is 31.4 Å². The van der Waals surface area contributed by atoms with Crippen molar-refractivity contribution in [1.82, 2.24) is 0 Å². The molecule has 0 fully saturated rings. The van der Waals surface area contributed by atoms with Gasteiger partial charge in [-0.1, -0.05) is 17.7 Å². The van der Waals surface area contributed by atoms with Crippen LogP contribution in [0.4, 0.5) is 17.1 Å². The molecule has 0 saturated heterocycles. The van der Waals surface area contributed by atoms with Crippen molar-refractivity contribution in [3.63, 3.8) is 0 Å². The van der Waals surface area contributed by atoms with E-state index in [4.69, 9.17) is 11.3 Å². The van der Waals surface area contributed by atoms with Crippen LogP contribution in [0.5, 0.6) is 0 Å². The zero-order chi connectivity index (χ0) is 19.2. The molecule has 1 unspecified atom stereocenters. The van der Waals surface area contributed by atoms with Crippen molar-refractivity contribution in [3.05, 3.63) is 64.5 Å². The van der Waals surface area contributed by atoms with E-state index in [2.05, 4.69) is 46.7 Å². The number of nitrogens with one attached hydrogen (secondary N) is 2. The van der Waals surface area contributed by atoms with Gasteiger partial charge in [0.05, 0.1) is 12.6 Å². The predicted molar refractivity (Wildman–Crippen MR) is 106 cm³/mol. The molecule has 1 aliphatic rings. The third-order valence-corrected chi connectivity index (χ3v) is 4.79. The second kappa shape index (κ2) is 8.77. The zero-order valence-corrected chi connectivity index (χ0v) is 15.9. The zero-order valence-electron chi connectivity index (χ0n) is 15.0. The Labute approximate surface area is 159 Å². The minimum absolute atomic E-state index is 0.0281. The molecule has 0 heterocycles. The van der Waals surface area contributed by atoms with E-state index in [0.29, 0.717) is 11.4 Å². The highest BCUT2D eigenvalue weighted by Gasteiger charge is 2.24. The normalized spacial score (nSPS) is 15.2. The average molecular weight is 381 g/mol. The summed E-state index contributed by atoms with van der Waals surface area (Å²) in [5.41, 5.74) is 5.38. The molecule has 2 N–H and O–H groups in total. The standard InChI is InChI=1S/C20H20N3O3P/c1-13-3-6-15(7-4-13)22-17-8-5-14-9-19(18(21-2)10-16(14)17)23-20(24)11-26-12-27-25/h3-4,6-7,9-10,17,22H,5,8,11-12H2,1H3,(H,23,24). The van der Waals surface area contributed by atoms with Crippen LogP contribution in [0.2, 0.25) is 0 Å². The number of ether oxygens (including phenoxy) is 1. The topological polar surface area (TPSA) is 71.8 Å². The van der Waals surface area contributed by atoms with Gasteiger partial charge in [-0.05, 0) is 55.2 Å². The van der Waals surface area contributed by atoms with Crippen molar-refractivity contribution in [3.8, 4) is 0 Å². The molecule has 1 aliphatic carbocycles. The number of carbonyl (C=O) groups excluding carboxylic acids is 1. The monoisotopic (exact) mass is 381 g/mol. The molecule has 0 spiro atoms. The van der Waals surface area contributed by atoms with Gasteiger partial charge in [-0.3, -0.25) is 9.36 Å². The van der Waals surface area contributed by atoms with Crippen LogP contribution in [0, 0.1) is 13.5 Å². The number of hydrogen-bond donors (Lipinski definition) is 2. The van der Waals surface area contributed by atoms with Gasteiger partial charge in [-0.2, -0.15) is 0 Å². The van der Waals surface area contributed by atoms with Crippen molar-refractivity contribution in [2.45, 2.75) is 25.8 Å². The molecule has 1 amide bonds. The first-order valence-corrected chi connectivity index (χ1v) is 9.64. The van der Waals surface area contributed by atoms with E-state index in [-0.39, 0.29) is 33.4 Å². The van der Waals surface area contributed by atoms with Gasteiger partial charge in [-0.15, -0.1) is 0 Å². The molecule has 6 nitrogen and oxygen atoms in total. The molecule has 0 radical (unpaired) electrons. The highest BCUT2D eigenvalue weighted by atomic mass is 31.1. The van der Waals surface area contributed by atoms with Crippen LogP contribution in [0.15, 0.2) is 36.4 Å². The minimum Gasteiger partial charge on any atom is -0.378 e. The van der Waals surface area contributed by atoms with Crippen LogP contribution >= 0.6 is 8.46 Å². The molecule has 0 bridgehead atoms. The van der Waals surface area contributed by atoms with E-state index in [1.165, 1.54) is 5.56 Å². The number of nitrogens with zero attached hydrogens (tertiary/aromatic N) is 1. The number of hydrogen-bond acceptors (Lipinski definition) is 4. The molecule has 138 valence electrons. The fourth-order valence-electron chi connectivity index (χ4n) is 3.20. The molecule has 2 aromatic carbocycles. The molecule has 1 atom stereocenters. The van der Waals surface area contributed by atoms with Crippen LogP contribution in [0.25, 0.3) is 4.85 Å². The van der Waals surface area contributed by atoms with Crippen LogP contribution in [-0.2, 0) is 20.5 Å². The molecule has 0 aromatic heterocycles. The number of fused-ring (bicyclic) bond motifs is 1. The molecule has 0 saturated carbocycles. The van der Waals surface area contributed by atoms with Crippen LogP contribution in [0.3, 0.4) is 0 Å². The summed E-state index contributed by atoms with van der Waals surface area (Å²) in [6.45, 7) is 9.31. The Bertz CT molecular complexity index is 891. The second-order valence-corrected chi connectivity index (χ2v) is 6.95. The van der Waals surface area contributed by atoms with Crippen LogP contribution in [0.1, 0.15) is 29.2 Å². The van der Waals surface area contributed by atoms with Crippen molar-refractivity contribution in [1.29, 1.82) is 0 Å². The Kier molecular flexibility index (Phi) is 6.18. The predicted octanol–water partition coefficient (Wildman–Crippen LogP) is 4.85. The molecular formula is C20H20N3O3P. The molecule has 3 rings (SSSR count). The van der Waals surface area contributed by atoms with Crippen molar-refractivity contribution < 1.29 is 14.1 Å². The Morgan fingerprint density at radius 1 is 1.33 bits per heavy atom. The maximum Gasteiger partial charge on any atom is 0.249 e. The fraction of sp³-hybridized carbons (Fsp3) is 0.300. The van der Waals surface area contributed by atoms with E-state index < -0.39 is 0 Å². The molecule has 27 heavy (non-hydrogen) atoms. The van der Waals surface area contributed by atoms with E-state index in [9.17, 15) is 9.36 Å². The van der Waals surface area contributed by atoms with Gasteiger partial charge in [-0.25, -0.2) is 4.85 Å². The summed E-state index contributed by atoms with van der Waals surface area (Å²) in [6.07, 6.45) is 1.79. The summed E-state index contributed by atoms with van der Waals surface area (Å²) in [5, 5.41) is 6.25. The smallest absolute Gasteiger partial charge is 0.249 e. The van der Waals surface area contributed by atoms with E-state index in [1.54, 1.807) is 0 Å². The Morgan fingerprint density at radius 2 is 2.11 bits per heavy atom. The van der Waals surface area contributed by atoms with E-state index >= 15 is 0 Å². The van der Waals surface area contributed by atoms with E-state index in [1.807, 2.05) is 12.1 Å². The molecule has 2 aromatic rings. The van der Waals surface area contributed by atoms with Gasteiger partial charge in [0.15, 0.2) is 8.46 Å². The van der Waals surface area contributed by atoms with Crippen molar-refractivity contribution in [2.24, 2.45) is 0 Å². The Balaban J connectivity index is 1.76. The number of rotatable bonds is 7. The highest BCUT2D eigenvalue weighted by Crippen LogP contribution is 2.40. The fourth-order valence-corrected chi connectivity index (χ4v) is 3.37. The van der Waals surface area contributed by atoms with Gasteiger partial charge in [0.1, 0.15) is 13.0 Å². The lowest BCUT2D eigenvalue weighted by atomic mass is 10.0. The summed E-state index contributed by atoms with van der Waals surface area (Å²) in [4.78, 5) is 15.5. The first-order chi connectivity index (χ1) is 13.1. The lowest BCUT2D eigenvalue weighted by molar-refractivity contribution is -0.119. The summed E-state index contributed by atoms with van der Waals surface area (Å²) in [5.74, 6) is -0.365. The lowest BCUT2D eigenvalue weighted by Gasteiger charge is -2.17. The largest absolute Gasteiger partial charge is 0.378 e. The average Bonchev–Trinajstić information content (AvgIpc) is 3.04. The van der Waals surface area contributed by atoms with Gasteiger partial charge in [0.25, 0.3) is 0 Å². The number of anilines is 2. The summed E-state index contributed by atoms with van der Waals surface area (Å²) < 4.78 is 15.3. The highest BCUT2D eigenvalue weighted by molar-refractivity contribution is 7.23. The molecule has 7 heteroatoms. The van der Waals surface area contributed by atoms with Crippen LogP contribution < -0.4 is 10.6 Å². The number of carbonyl (C=O) groups is 1. The van der Waals surface area contributed by atoms with Gasteiger partial charge in [0, 0.05) is 11.4 Å². The third kappa shape index (κ3) is 4.71. The summed E-state index contributed by atoms with van der Waals surface area (Å²) in [6, 6.07) is 12.1.